The fourth-order valence-corrected chi connectivity index (χ4v) is 2.62. The largest absolute Gasteiger partial charge is 0.493 e. The second-order valence-corrected chi connectivity index (χ2v) is 6.15. The number of hydrogen-bond acceptors (Lipinski definition) is 5. The van der Waals surface area contributed by atoms with E-state index < -0.39 is 12.1 Å². The molecule has 1 N–H and O–H groups in total. The minimum Gasteiger partial charge on any atom is -0.493 e. The molecule has 0 aliphatic heterocycles. The number of aromatic nitrogens is 1. The lowest BCUT2D eigenvalue weighted by molar-refractivity contribution is -0.151. The van der Waals surface area contributed by atoms with E-state index in [4.69, 9.17) is 9.47 Å². The molecular weight excluding hydrogens is 332 g/mol. The third kappa shape index (κ3) is 6.37. The molecule has 2 aromatic rings. The van der Waals surface area contributed by atoms with Crippen molar-refractivity contribution in [2.45, 2.75) is 25.4 Å². The van der Waals surface area contributed by atoms with Crippen LogP contribution in [0, 0.1) is 0 Å². The molecule has 6 heteroatoms. The van der Waals surface area contributed by atoms with Gasteiger partial charge in [-0.1, -0.05) is 18.2 Å². The van der Waals surface area contributed by atoms with Crippen molar-refractivity contribution in [3.05, 3.63) is 54.4 Å². The van der Waals surface area contributed by atoms with Gasteiger partial charge in [0, 0.05) is 45.2 Å². The molecule has 0 bridgehead atoms. The number of ether oxygens (including phenoxy) is 2. The van der Waals surface area contributed by atoms with E-state index in [-0.39, 0.29) is 0 Å². The lowest BCUT2D eigenvalue weighted by atomic mass is 10.1. The Bertz CT molecular complexity index is 677. The molecule has 0 amide bonds. The van der Waals surface area contributed by atoms with Crippen LogP contribution in [-0.2, 0) is 16.0 Å². The minimum absolute atomic E-state index is 0.300. The van der Waals surface area contributed by atoms with E-state index in [0.717, 1.165) is 29.8 Å². The smallest absolute Gasteiger partial charge is 0.332 e. The quantitative estimate of drug-likeness (QED) is 0.623. The first-order valence-corrected chi connectivity index (χ1v) is 8.70. The summed E-state index contributed by atoms with van der Waals surface area (Å²) >= 11 is 0. The number of benzene rings is 1. The molecule has 1 atom stereocenters. The molecule has 0 fully saturated rings. The molecule has 2 rings (SSSR count). The fourth-order valence-electron chi connectivity index (χ4n) is 2.62. The van der Waals surface area contributed by atoms with Crippen molar-refractivity contribution in [2.75, 3.05) is 32.2 Å². The number of carboxylic acid groups (broad SMARTS) is 1. The number of nitrogens with zero attached hydrogens (tertiary/aromatic N) is 2. The van der Waals surface area contributed by atoms with E-state index in [9.17, 15) is 9.90 Å². The number of anilines is 1. The Balaban J connectivity index is 1.74. The first-order valence-electron chi connectivity index (χ1n) is 8.70. The lowest BCUT2D eigenvalue weighted by Gasteiger charge is -2.17. The van der Waals surface area contributed by atoms with E-state index in [1.165, 1.54) is 0 Å². The summed E-state index contributed by atoms with van der Waals surface area (Å²) in [5.41, 5.74) is 2.24. The standard InChI is InChI=1S/C20H26N2O4/c1-22(2)18-10-12-21-15-16(18)7-6-13-26-19(20(23)24)11-14-25-17-8-4-3-5-9-17/h3-5,8-10,12,15,19H,6-7,11,13-14H2,1-2H3,(H,23,24). The second-order valence-electron chi connectivity index (χ2n) is 6.15. The Morgan fingerprint density at radius 2 is 1.96 bits per heavy atom. The van der Waals surface area contributed by atoms with Crippen LogP contribution in [-0.4, -0.2) is 49.5 Å². The normalized spacial score (nSPS) is 11.8. The van der Waals surface area contributed by atoms with Crippen LogP contribution in [0.5, 0.6) is 5.75 Å². The van der Waals surface area contributed by atoms with E-state index in [1.54, 1.807) is 6.20 Å². The molecule has 0 saturated heterocycles. The highest BCUT2D eigenvalue weighted by Crippen LogP contribution is 2.18. The van der Waals surface area contributed by atoms with Crippen LogP contribution in [0.1, 0.15) is 18.4 Å². The van der Waals surface area contributed by atoms with E-state index in [1.807, 2.05) is 61.6 Å². The topological polar surface area (TPSA) is 71.9 Å². The number of carboxylic acids is 1. The number of aryl methyl sites for hydroxylation is 1. The molecule has 0 saturated carbocycles. The van der Waals surface area contributed by atoms with E-state index in [0.29, 0.717) is 19.6 Å². The Labute approximate surface area is 154 Å². The molecular formula is C20H26N2O4. The number of hydrogen-bond donors (Lipinski definition) is 1. The maximum Gasteiger partial charge on any atom is 0.332 e. The Hall–Kier alpha value is -2.60. The van der Waals surface area contributed by atoms with Crippen molar-refractivity contribution in [1.29, 1.82) is 0 Å². The molecule has 26 heavy (non-hydrogen) atoms. The van der Waals surface area contributed by atoms with Crippen molar-refractivity contribution in [3.63, 3.8) is 0 Å². The van der Waals surface area contributed by atoms with Gasteiger partial charge in [0.15, 0.2) is 6.10 Å². The number of aliphatic carboxylic acids is 1. The summed E-state index contributed by atoms with van der Waals surface area (Å²) in [7, 11) is 3.98. The number of rotatable bonds is 11. The average molecular weight is 358 g/mol. The summed E-state index contributed by atoms with van der Waals surface area (Å²) in [6.45, 7) is 0.679. The zero-order chi connectivity index (χ0) is 18.8. The van der Waals surface area contributed by atoms with Gasteiger partial charge in [-0.05, 0) is 36.6 Å². The third-order valence-corrected chi connectivity index (χ3v) is 3.94. The van der Waals surface area contributed by atoms with Gasteiger partial charge in [-0.3, -0.25) is 4.98 Å². The van der Waals surface area contributed by atoms with Gasteiger partial charge < -0.3 is 19.5 Å². The summed E-state index contributed by atoms with van der Waals surface area (Å²) in [6, 6.07) is 11.3. The van der Waals surface area contributed by atoms with Gasteiger partial charge in [0.25, 0.3) is 0 Å². The van der Waals surface area contributed by atoms with Gasteiger partial charge in [-0.15, -0.1) is 0 Å². The van der Waals surface area contributed by atoms with Gasteiger partial charge in [0.2, 0.25) is 0 Å². The van der Waals surface area contributed by atoms with Crippen molar-refractivity contribution in [3.8, 4) is 5.75 Å². The molecule has 1 aromatic carbocycles. The van der Waals surface area contributed by atoms with Crippen LogP contribution in [0.3, 0.4) is 0 Å². The summed E-state index contributed by atoms with van der Waals surface area (Å²) in [6.07, 6.45) is 4.57. The lowest BCUT2D eigenvalue weighted by Crippen LogP contribution is -2.26. The van der Waals surface area contributed by atoms with Crippen LogP contribution < -0.4 is 9.64 Å². The molecule has 1 unspecified atom stereocenters. The molecule has 0 aliphatic rings. The Kier molecular flexibility index (Phi) is 7.89. The summed E-state index contributed by atoms with van der Waals surface area (Å²) in [5.74, 6) is -0.235. The molecule has 1 heterocycles. The van der Waals surface area contributed by atoms with Crippen LogP contribution in [0.25, 0.3) is 0 Å². The van der Waals surface area contributed by atoms with Gasteiger partial charge in [0.1, 0.15) is 5.75 Å². The summed E-state index contributed by atoms with van der Waals surface area (Å²) in [4.78, 5) is 17.6. The highest BCUT2D eigenvalue weighted by molar-refractivity contribution is 5.72. The maximum absolute atomic E-state index is 11.4. The van der Waals surface area contributed by atoms with Gasteiger partial charge >= 0.3 is 5.97 Å². The predicted molar refractivity (Wildman–Crippen MR) is 101 cm³/mol. The molecule has 6 nitrogen and oxygen atoms in total. The van der Waals surface area contributed by atoms with Crippen LogP contribution >= 0.6 is 0 Å². The molecule has 1 aromatic heterocycles. The predicted octanol–water partition coefficient (Wildman–Crippen LogP) is 3.02. The van der Waals surface area contributed by atoms with Gasteiger partial charge in [0.05, 0.1) is 6.61 Å². The third-order valence-electron chi connectivity index (χ3n) is 3.94. The summed E-state index contributed by atoms with van der Waals surface area (Å²) < 4.78 is 11.1. The van der Waals surface area contributed by atoms with Crippen molar-refractivity contribution in [2.24, 2.45) is 0 Å². The molecule has 0 radical (unpaired) electrons. The zero-order valence-electron chi connectivity index (χ0n) is 15.3. The summed E-state index contributed by atoms with van der Waals surface area (Å²) in [5, 5.41) is 9.31. The van der Waals surface area contributed by atoms with Gasteiger partial charge in [-0.25, -0.2) is 4.79 Å². The van der Waals surface area contributed by atoms with E-state index >= 15 is 0 Å². The SMILES string of the molecule is CN(C)c1ccncc1CCCOC(CCOc1ccccc1)C(=O)O. The Morgan fingerprint density at radius 3 is 2.65 bits per heavy atom. The minimum atomic E-state index is -0.961. The fraction of sp³-hybridized carbons (Fsp3) is 0.400. The van der Waals surface area contributed by atoms with Crippen LogP contribution in [0.4, 0.5) is 5.69 Å². The second kappa shape index (κ2) is 10.4. The van der Waals surface area contributed by atoms with Crippen LogP contribution in [0.15, 0.2) is 48.8 Å². The van der Waals surface area contributed by atoms with Gasteiger partial charge in [-0.2, -0.15) is 0 Å². The van der Waals surface area contributed by atoms with Crippen LogP contribution in [0.2, 0.25) is 0 Å². The average Bonchev–Trinajstić information content (AvgIpc) is 2.64. The number of para-hydroxylation sites is 1. The number of carbonyl (C=O) groups is 1. The molecule has 140 valence electrons. The Morgan fingerprint density at radius 1 is 1.19 bits per heavy atom. The monoisotopic (exact) mass is 358 g/mol. The zero-order valence-corrected chi connectivity index (χ0v) is 15.3. The molecule has 0 spiro atoms. The first-order chi connectivity index (χ1) is 12.6. The first kappa shape index (κ1) is 19.7. The maximum atomic E-state index is 11.4. The highest BCUT2D eigenvalue weighted by atomic mass is 16.5. The molecule has 0 aliphatic carbocycles. The highest BCUT2D eigenvalue weighted by Gasteiger charge is 2.18. The number of pyridine rings is 1. The van der Waals surface area contributed by atoms with Crippen molar-refractivity contribution >= 4 is 11.7 Å². The van der Waals surface area contributed by atoms with Crippen molar-refractivity contribution < 1.29 is 19.4 Å². The van der Waals surface area contributed by atoms with Crippen molar-refractivity contribution in [1.82, 2.24) is 4.98 Å². The van der Waals surface area contributed by atoms with E-state index in [2.05, 4.69) is 4.98 Å².